The minimum atomic E-state index is -1.17. The van der Waals surface area contributed by atoms with Crippen LogP contribution in [0.2, 0.25) is 0 Å². The summed E-state index contributed by atoms with van der Waals surface area (Å²) in [5.74, 6) is -1.69. The molecule has 0 spiro atoms. The van der Waals surface area contributed by atoms with Gasteiger partial charge in [0.2, 0.25) is 0 Å². The highest BCUT2D eigenvalue weighted by atomic mass is 19.1. The van der Waals surface area contributed by atoms with E-state index in [1.54, 1.807) is 13.0 Å². The van der Waals surface area contributed by atoms with Crippen LogP contribution in [0.1, 0.15) is 17.4 Å². The number of hydrogen-bond donors (Lipinski definition) is 1. The Morgan fingerprint density at radius 1 is 1.47 bits per heavy atom. The maximum Gasteiger partial charge on any atom is 0.356 e. The van der Waals surface area contributed by atoms with Gasteiger partial charge in [-0.25, -0.2) is 13.9 Å². The third-order valence-corrected chi connectivity index (χ3v) is 2.37. The minimum Gasteiger partial charge on any atom is -0.476 e. The number of nitrogens with zero attached hydrogens (tertiary/aromatic N) is 3. The van der Waals surface area contributed by atoms with Crippen LogP contribution in [0.5, 0.6) is 0 Å². The van der Waals surface area contributed by atoms with Gasteiger partial charge in [0.25, 0.3) is 0 Å². The molecule has 1 aromatic heterocycles. The molecule has 88 valence electrons. The lowest BCUT2D eigenvalue weighted by molar-refractivity contribution is 0.0684. The highest BCUT2D eigenvalue weighted by Crippen LogP contribution is 2.23. The SMILES string of the molecule is CCn1nnc(-c2ccccc2F)c1C(=O)O. The first kappa shape index (κ1) is 11.3. The van der Waals surface area contributed by atoms with Gasteiger partial charge in [-0.3, -0.25) is 0 Å². The quantitative estimate of drug-likeness (QED) is 0.880. The van der Waals surface area contributed by atoms with Gasteiger partial charge >= 0.3 is 5.97 Å². The molecule has 2 rings (SSSR count). The highest BCUT2D eigenvalue weighted by Gasteiger charge is 2.21. The summed E-state index contributed by atoms with van der Waals surface area (Å²) >= 11 is 0. The van der Waals surface area contributed by atoms with Gasteiger partial charge in [0.05, 0.1) is 0 Å². The first-order chi connectivity index (χ1) is 8.15. The van der Waals surface area contributed by atoms with Crippen LogP contribution in [0, 0.1) is 5.82 Å². The third-order valence-electron chi connectivity index (χ3n) is 2.37. The van der Waals surface area contributed by atoms with Crippen molar-refractivity contribution in [2.45, 2.75) is 13.5 Å². The standard InChI is InChI=1S/C11H10FN3O2/c1-2-15-10(11(16)17)9(13-14-15)7-5-3-4-6-8(7)12/h3-6H,2H2,1H3,(H,16,17). The number of rotatable bonds is 3. The van der Waals surface area contributed by atoms with Gasteiger partial charge in [-0.05, 0) is 19.1 Å². The Morgan fingerprint density at radius 3 is 2.76 bits per heavy atom. The normalized spacial score (nSPS) is 10.5. The van der Waals surface area contributed by atoms with Crippen LogP contribution in [0.25, 0.3) is 11.3 Å². The Hall–Kier alpha value is -2.24. The zero-order valence-electron chi connectivity index (χ0n) is 9.09. The molecule has 0 aliphatic heterocycles. The molecule has 5 nitrogen and oxygen atoms in total. The number of carbonyl (C=O) groups is 1. The van der Waals surface area contributed by atoms with Crippen molar-refractivity contribution in [3.63, 3.8) is 0 Å². The molecule has 0 bridgehead atoms. The van der Waals surface area contributed by atoms with Crippen LogP contribution < -0.4 is 0 Å². The van der Waals surface area contributed by atoms with E-state index in [9.17, 15) is 9.18 Å². The molecule has 2 aromatic rings. The number of carboxylic acid groups (broad SMARTS) is 1. The van der Waals surface area contributed by atoms with Crippen LogP contribution in [0.15, 0.2) is 24.3 Å². The van der Waals surface area contributed by atoms with Crippen molar-refractivity contribution in [3.8, 4) is 11.3 Å². The van der Waals surface area contributed by atoms with E-state index >= 15 is 0 Å². The summed E-state index contributed by atoms with van der Waals surface area (Å²) in [7, 11) is 0. The molecule has 0 amide bonds. The predicted octanol–water partition coefficient (Wildman–Crippen LogP) is 1.80. The molecule has 6 heteroatoms. The summed E-state index contributed by atoms with van der Waals surface area (Å²) in [6.07, 6.45) is 0. The largest absolute Gasteiger partial charge is 0.476 e. The second-order valence-electron chi connectivity index (χ2n) is 3.39. The number of carboxylic acids is 1. The lowest BCUT2D eigenvalue weighted by Crippen LogP contribution is -2.09. The minimum absolute atomic E-state index is 0.0532. The van der Waals surface area contributed by atoms with Gasteiger partial charge in [-0.15, -0.1) is 5.10 Å². The molecule has 1 heterocycles. The van der Waals surface area contributed by atoms with Crippen LogP contribution in [0.4, 0.5) is 4.39 Å². The Balaban J connectivity index is 2.64. The molecule has 0 aliphatic carbocycles. The van der Waals surface area contributed by atoms with E-state index in [1.807, 2.05) is 0 Å². The average molecular weight is 235 g/mol. The van der Waals surface area contributed by atoms with Crippen molar-refractivity contribution in [3.05, 3.63) is 35.8 Å². The predicted molar refractivity (Wildman–Crippen MR) is 58.0 cm³/mol. The Morgan fingerprint density at radius 2 is 2.18 bits per heavy atom. The molecule has 1 aromatic carbocycles. The van der Waals surface area contributed by atoms with Gasteiger partial charge in [0.15, 0.2) is 5.69 Å². The van der Waals surface area contributed by atoms with E-state index < -0.39 is 11.8 Å². The van der Waals surface area contributed by atoms with Crippen LogP contribution in [-0.2, 0) is 6.54 Å². The number of aryl methyl sites for hydroxylation is 1. The fourth-order valence-electron chi connectivity index (χ4n) is 1.58. The first-order valence-electron chi connectivity index (χ1n) is 5.06. The molecule has 0 saturated carbocycles. The molecule has 17 heavy (non-hydrogen) atoms. The Bertz CT molecular complexity index is 566. The van der Waals surface area contributed by atoms with E-state index in [0.717, 1.165) is 0 Å². The third kappa shape index (κ3) is 1.89. The summed E-state index contributed by atoms with van der Waals surface area (Å²) in [6.45, 7) is 2.11. The van der Waals surface area contributed by atoms with Gasteiger partial charge in [-0.2, -0.15) is 0 Å². The topological polar surface area (TPSA) is 68.0 Å². The Labute approximate surface area is 96.5 Å². The summed E-state index contributed by atoms with van der Waals surface area (Å²) < 4.78 is 14.8. The smallest absolute Gasteiger partial charge is 0.356 e. The maximum atomic E-state index is 13.6. The highest BCUT2D eigenvalue weighted by molar-refractivity contribution is 5.92. The van der Waals surface area contributed by atoms with Crippen molar-refractivity contribution in [1.82, 2.24) is 15.0 Å². The molecule has 0 unspecified atom stereocenters. The molecule has 0 fully saturated rings. The summed E-state index contributed by atoms with van der Waals surface area (Å²) in [5, 5.41) is 16.5. The van der Waals surface area contributed by atoms with E-state index in [2.05, 4.69) is 10.3 Å². The molecule has 0 aliphatic rings. The molecule has 0 atom stereocenters. The van der Waals surface area contributed by atoms with Crippen molar-refractivity contribution in [2.75, 3.05) is 0 Å². The summed E-state index contributed by atoms with van der Waals surface area (Å²) in [6, 6.07) is 5.89. The van der Waals surface area contributed by atoms with Crippen LogP contribution in [-0.4, -0.2) is 26.1 Å². The zero-order chi connectivity index (χ0) is 12.4. The second kappa shape index (κ2) is 4.32. The molecule has 0 radical (unpaired) electrons. The summed E-state index contributed by atoms with van der Waals surface area (Å²) in [5.41, 5.74) is 0.0969. The van der Waals surface area contributed by atoms with Gasteiger partial charge in [0, 0.05) is 12.1 Å². The number of aromatic nitrogens is 3. The van der Waals surface area contributed by atoms with Gasteiger partial charge < -0.3 is 5.11 Å². The van der Waals surface area contributed by atoms with Crippen LogP contribution >= 0.6 is 0 Å². The molecular weight excluding hydrogens is 225 g/mol. The van der Waals surface area contributed by atoms with Crippen molar-refractivity contribution < 1.29 is 14.3 Å². The lowest BCUT2D eigenvalue weighted by atomic mass is 10.1. The van der Waals surface area contributed by atoms with Crippen LogP contribution in [0.3, 0.4) is 0 Å². The van der Waals surface area contributed by atoms with Gasteiger partial charge in [0.1, 0.15) is 11.5 Å². The van der Waals surface area contributed by atoms with E-state index in [1.165, 1.54) is 22.9 Å². The number of aromatic carboxylic acids is 1. The van der Waals surface area contributed by atoms with Gasteiger partial charge in [-0.1, -0.05) is 17.3 Å². The van der Waals surface area contributed by atoms with E-state index in [0.29, 0.717) is 6.54 Å². The zero-order valence-corrected chi connectivity index (χ0v) is 9.09. The molecule has 0 saturated heterocycles. The maximum absolute atomic E-state index is 13.6. The van der Waals surface area contributed by atoms with Crippen molar-refractivity contribution >= 4 is 5.97 Å². The average Bonchev–Trinajstić information content (AvgIpc) is 2.73. The first-order valence-corrected chi connectivity index (χ1v) is 5.06. The van der Waals surface area contributed by atoms with Crippen molar-refractivity contribution in [2.24, 2.45) is 0 Å². The lowest BCUT2D eigenvalue weighted by Gasteiger charge is -2.02. The molecule has 1 N–H and O–H groups in total. The second-order valence-corrected chi connectivity index (χ2v) is 3.39. The number of halogens is 1. The molecular formula is C11H10FN3O2. The number of hydrogen-bond acceptors (Lipinski definition) is 3. The van der Waals surface area contributed by atoms with E-state index in [4.69, 9.17) is 5.11 Å². The van der Waals surface area contributed by atoms with E-state index in [-0.39, 0.29) is 17.0 Å². The number of benzene rings is 1. The Kier molecular flexibility index (Phi) is 2.86. The summed E-state index contributed by atoms with van der Waals surface area (Å²) in [4.78, 5) is 11.1. The van der Waals surface area contributed by atoms with Crippen molar-refractivity contribution in [1.29, 1.82) is 0 Å². The monoisotopic (exact) mass is 235 g/mol. The fraction of sp³-hybridized carbons (Fsp3) is 0.182. The fourth-order valence-corrected chi connectivity index (χ4v) is 1.58.